The maximum atomic E-state index is 5.92. The van der Waals surface area contributed by atoms with Crippen LogP contribution >= 0.6 is 27.3 Å². The molecular weight excluding hydrogens is 272 g/mol. The second-order valence-corrected chi connectivity index (χ2v) is 5.75. The lowest BCUT2D eigenvalue weighted by Crippen LogP contribution is -2.35. The van der Waals surface area contributed by atoms with E-state index < -0.39 is 0 Å². The molecule has 1 fully saturated rings. The molecule has 2 N–H and O–H groups in total. The van der Waals surface area contributed by atoms with Gasteiger partial charge in [0.05, 0.1) is 6.04 Å². The molecule has 0 radical (unpaired) electrons. The number of likely N-dealkylation sites (N-methyl/N-ethyl adjacent to an activating group) is 1. The highest BCUT2D eigenvalue weighted by atomic mass is 79.9. The molecule has 1 aromatic rings. The zero-order chi connectivity index (χ0) is 10.8. The molecule has 1 saturated carbocycles. The first-order valence-electron chi connectivity index (χ1n) is 5.46. The predicted octanol–water partition coefficient (Wildman–Crippen LogP) is 2.99. The Morgan fingerprint density at radius 2 is 2.40 bits per heavy atom. The fourth-order valence-electron chi connectivity index (χ4n) is 2.08. The van der Waals surface area contributed by atoms with Gasteiger partial charge in [-0.1, -0.05) is 6.92 Å². The van der Waals surface area contributed by atoms with Crippen LogP contribution < -0.4 is 5.73 Å². The van der Waals surface area contributed by atoms with Crippen molar-refractivity contribution in [2.75, 3.05) is 13.1 Å². The average Bonchev–Trinajstić information content (AvgIpc) is 2.99. The van der Waals surface area contributed by atoms with E-state index in [0.29, 0.717) is 12.6 Å². The van der Waals surface area contributed by atoms with Crippen LogP contribution in [0.15, 0.2) is 15.9 Å². The fourth-order valence-corrected chi connectivity index (χ4v) is 3.85. The molecule has 1 aliphatic rings. The Morgan fingerprint density at radius 3 is 2.80 bits per heavy atom. The molecule has 1 heterocycles. The third-order valence-corrected chi connectivity index (χ3v) is 4.92. The van der Waals surface area contributed by atoms with E-state index in [9.17, 15) is 0 Å². The molecule has 1 aliphatic carbocycles. The van der Waals surface area contributed by atoms with Crippen molar-refractivity contribution in [1.29, 1.82) is 0 Å². The normalized spacial score (nSPS) is 18.4. The van der Waals surface area contributed by atoms with E-state index in [1.807, 2.05) is 0 Å². The van der Waals surface area contributed by atoms with Gasteiger partial charge in [0.2, 0.25) is 0 Å². The summed E-state index contributed by atoms with van der Waals surface area (Å²) in [6, 6.07) is 3.29. The zero-order valence-electron chi connectivity index (χ0n) is 8.95. The summed E-state index contributed by atoms with van der Waals surface area (Å²) >= 11 is 5.41. The van der Waals surface area contributed by atoms with Crippen LogP contribution in [0.3, 0.4) is 0 Å². The van der Waals surface area contributed by atoms with Crippen molar-refractivity contribution in [3.05, 3.63) is 20.8 Å². The minimum atomic E-state index is 0.400. The Labute approximate surface area is 104 Å². The fraction of sp³-hybridized carbons (Fsp3) is 0.636. The van der Waals surface area contributed by atoms with E-state index in [1.165, 1.54) is 22.2 Å². The summed E-state index contributed by atoms with van der Waals surface area (Å²) in [6.07, 6.45) is 2.68. The van der Waals surface area contributed by atoms with Crippen molar-refractivity contribution in [2.45, 2.75) is 31.8 Å². The van der Waals surface area contributed by atoms with Crippen LogP contribution in [0, 0.1) is 0 Å². The Hall–Kier alpha value is 0.100. The summed E-state index contributed by atoms with van der Waals surface area (Å²) in [5.41, 5.74) is 5.92. The Kier molecular flexibility index (Phi) is 3.83. The van der Waals surface area contributed by atoms with Gasteiger partial charge in [-0.25, -0.2) is 0 Å². The van der Waals surface area contributed by atoms with E-state index in [4.69, 9.17) is 5.73 Å². The molecule has 1 atom stereocenters. The van der Waals surface area contributed by atoms with Crippen LogP contribution in [-0.2, 0) is 0 Å². The lowest BCUT2D eigenvalue weighted by atomic mass is 10.2. The van der Waals surface area contributed by atoms with Crippen LogP contribution in [0.25, 0.3) is 0 Å². The largest absolute Gasteiger partial charge is 0.329 e. The standard InChI is InChI=1S/C11H17BrN2S/c1-2-14(8-3-4-8)10(7-13)11-9(12)5-6-15-11/h5-6,8,10H,2-4,7,13H2,1H3. The van der Waals surface area contributed by atoms with Crippen LogP contribution in [-0.4, -0.2) is 24.0 Å². The first-order chi connectivity index (χ1) is 7.27. The first kappa shape index (κ1) is 11.6. The predicted molar refractivity (Wildman–Crippen MR) is 69.2 cm³/mol. The van der Waals surface area contributed by atoms with E-state index in [0.717, 1.165) is 12.6 Å². The molecule has 0 saturated heterocycles. The summed E-state index contributed by atoms with van der Waals surface area (Å²) in [6.45, 7) is 4.03. The van der Waals surface area contributed by atoms with E-state index in [1.54, 1.807) is 11.3 Å². The zero-order valence-corrected chi connectivity index (χ0v) is 11.4. The molecule has 0 bridgehead atoms. The van der Waals surface area contributed by atoms with Crippen molar-refractivity contribution in [1.82, 2.24) is 4.90 Å². The van der Waals surface area contributed by atoms with Crippen molar-refractivity contribution in [3.8, 4) is 0 Å². The summed E-state index contributed by atoms with van der Waals surface area (Å²) in [4.78, 5) is 3.92. The van der Waals surface area contributed by atoms with Gasteiger partial charge in [-0.3, -0.25) is 4.90 Å². The third-order valence-electron chi connectivity index (χ3n) is 2.95. The lowest BCUT2D eigenvalue weighted by Gasteiger charge is -2.29. The number of rotatable bonds is 5. The summed E-state index contributed by atoms with van der Waals surface area (Å²) in [7, 11) is 0. The van der Waals surface area contributed by atoms with Gasteiger partial charge in [-0.15, -0.1) is 11.3 Å². The minimum Gasteiger partial charge on any atom is -0.329 e. The topological polar surface area (TPSA) is 29.3 Å². The number of hydrogen-bond donors (Lipinski definition) is 1. The van der Waals surface area contributed by atoms with Crippen molar-refractivity contribution in [3.63, 3.8) is 0 Å². The number of halogens is 1. The maximum Gasteiger partial charge on any atom is 0.0578 e. The van der Waals surface area contributed by atoms with Gasteiger partial charge in [-0.2, -0.15) is 0 Å². The maximum absolute atomic E-state index is 5.92. The monoisotopic (exact) mass is 288 g/mol. The molecule has 0 aromatic carbocycles. The summed E-state index contributed by atoms with van der Waals surface area (Å²) in [5, 5.41) is 2.13. The number of nitrogens with zero attached hydrogens (tertiary/aromatic N) is 1. The molecule has 2 nitrogen and oxygen atoms in total. The van der Waals surface area contributed by atoms with Gasteiger partial charge < -0.3 is 5.73 Å². The van der Waals surface area contributed by atoms with Gasteiger partial charge >= 0.3 is 0 Å². The summed E-state index contributed by atoms with van der Waals surface area (Å²) in [5.74, 6) is 0. The quantitative estimate of drug-likeness (QED) is 0.903. The highest BCUT2D eigenvalue weighted by molar-refractivity contribution is 9.10. The van der Waals surface area contributed by atoms with E-state index in [-0.39, 0.29) is 0 Å². The van der Waals surface area contributed by atoms with Crippen LogP contribution in [0.2, 0.25) is 0 Å². The smallest absolute Gasteiger partial charge is 0.0578 e. The molecule has 1 unspecified atom stereocenters. The molecule has 15 heavy (non-hydrogen) atoms. The second kappa shape index (κ2) is 4.95. The third kappa shape index (κ3) is 2.44. The summed E-state index contributed by atoms with van der Waals surface area (Å²) < 4.78 is 1.21. The SMILES string of the molecule is CCN(C1CC1)C(CN)c1sccc1Br. The number of nitrogens with two attached hydrogens (primary N) is 1. The van der Waals surface area contributed by atoms with Crippen LogP contribution in [0.4, 0.5) is 0 Å². The molecule has 0 amide bonds. The van der Waals surface area contributed by atoms with E-state index >= 15 is 0 Å². The highest BCUT2D eigenvalue weighted by Crippen LogP contribution is 2.38. The Morgan fingerprint density at radius 1 is 1.67 bits per heavy atom. The lowest BCUT2D eigenvalue weighted by molar-refractivity contribution is 0.204. The van der Waals surface area contributed by atoms with Crippen molar-refractivity contribution in [2.24, 2.45) is 5.73 Å². The van der Waals surface area contributed by atoms with E-state index in [2.05, 4.69) is 39.2 Å². The molecule has 0 aliphatic heterocycles. The van der Waals surface area contributed by atoms with Gasteiger partial charge in [-0.05, 0) is 46.8 Å². The molecule has 2 rings (SSSR count). The van der Waals surface area contributed by atoms with Gasteiger partial charge in [0.25, 0.3) is 0 Å². The van der Waals surface area contributed by atoms with Crippen LogP contribution in [0.5, 0.6) is 0 Å². The number of thiophene rings is 1. The highest BCUT2D eigenvalue weighted by Gasteiger charge is 2.33. The van der Waals surface area contributed by atoms with Gasteiger partial charge in [0, 0.05) is 21.9 Å². The van der Waals surface area contributed by atoms with Crippen LogP contribution in [0.1, 0.15) is 30.7 Å². The minimum absolute atomic E-state index is 0.400. The van der Waals surface area contributed by atoms with Gasteiger partial charge in [0.1, 0.15) is 0 Å². The second-order valence-electron chi connectivity index (χ2n) is 3.95. The Balaban J connectivity index is 2.18. The van der Waals surface area contributed by atoms with Crippen molar-refractivity contribution < 1.29 is 0 Å². The molecule has 84 valence electrons. The molecular formula is C11H17BrN2S. The van der Waals surface area contributed by atoms with Crippen molar-refractivity contribution >= 4 is 27.3 Å². The Bertz CT molecular complexity index is 322. The average molecular weight is 289 g/mol. The molecule has 4 heteroatoms. The first-order valence-corrected chi connectivity index (χ1v) is 7.13. The molecule has 1 aromatic heterocycles. The number of hydrogen-bond acceptors (Lipinski definition) is 3. The molecule has 0 spiro atoms. The van der Waals surface area contributed by atoms with Gasteiger partial charge in [0.15, 0.2) is 0 Å².